The van der Waals surface area contributed by atoms with Crippen LogP contribution in [0, 0.1) is 12.8 Å². The second-order valence-corrected chi connectivity index (χ2v) is 9.74. The van der Waals surface area contributed by atoms with E-state index >= 15 is 0 Å². The highest BCUT2D eigenvalue weighted by atomic mass is 32.2. The third-order valence-corrected chi connectivity index (χ3v) is 6.95. The van der Waals surface area contributed by atoms with E-state index in [0.29, 0.717) is 35.6 Å². The first-order valence-electron chi connectivity index (χ1n) is 9.94. The Kier molecular flexibility index (Phi) is 6.52. The minimum atomic E-state index is -3.58. The lowest BCUT2D eigenvalue weighted by Gasteiger charge is -2.30. The highest BCUT2D eigenvalue weighted by molar-refractivity contribution is 7.89. The van der Waals surface area contributed by atoms with E-state index < -0.39 is 10.0 Å². The van der Waals surface area contributed by atoms with Gasteiger partial charge in [0.15, 0.2) is 5.82 Å². The van der Waals surface area contributed by atoms with Crippen LogP contribution in [0.25, 0.3) is 0 Å². The summed E-state index contributed by atoms with van der Waals surface area (Å²) in [4.78, 5) is 7.01. The van der Waals surface area contributed by atoms with Gasteiger partial charge in [-0.1, -0.05) is 38.1 Å². The molecule has 1 aliphatic rings. The summed E-state index contributed by atoms with van der Waals surface area (Å²) in [6, 6.07) is 6.94. The van der Waals surface area contributed by atoms with E-state index in [4.69, 9.17) is 4.52 Å². The molecule has 2 aromatic rings. The van der Waals surface area contributed by atoms with Crippen LogP contribution in [-0.2, 0) is 16.4 Å². The average molecular weight is 407 g/mol. The maximum Gasteiger partial charge on any atom is 0.245 e. The van der Waals surface area contributed by atoms with E-state index in [9.17, 15) is 8.42 Å². The molecule has 1 aliphatic heterocycles. The molecule has 3 rings (SSSR count). The molecule has 0 bridgehead atoms. The summed E-state index contributed by atoms with van der Waals surface area (Å²) in [7, 11) is -3.58. The van der Waals surface area contributed by atoms with Crippen molar-refractivity contribution in [2.75, 3.05) is 26.2 Å². The van der Waals surface area contributed by atoms with Crippen molar-refractivity contribution in [3.63, 3.8) is 0 Å². The largest absolute Gasteiger partial charge is 0.338 e. The van der Waals surface area contributed by atoms with Crippen molar-refractivity contribution in [1.82, 2.24) is 19.3 Å². The topological polar surface area (TPSA) is 79.5 Å². The van der Waals surface area contributed by atoms with E-state index in [1.54, 1.807) is 23.4 Å². The molecule has 1 atom stereocenters. The fourth-order valence-electron chi connectivity index (χ4n) is 3.64. The zero-order valence-electron chi connectivity index (χ0n) is 17.1. The van der Waals surface area contributed by atoms with Crippen molar-refractivity contribution in [3.05, 3.63) is 41.5 Å². The summed E-state index contributed by atoms with van der Waals surface area (Å²) in [6.45, 7) is 10.6. The summed E-state index contributed by atoms with van der Waals surface area (Å²) in [5.41, 5.74) is 1.12. The fourth-order valence-corrected chi connectivity index (χ4v) is 5.13. The van der Waals surface area contributed by atoms with Crippen LogP contribution < -0.4 is 0 Å². The molecule has 1 aromatic carbocycles. The number of nitrogens with zero attached hydrogens (tertiary/aromatic N) is 4. The average Bonchev–Trinajstić information content (AvgIpc) is 2.97. The predicted octanol–water partition coefficient (Wildman–Crippen LogP) is 3.03. The summed E-state index contributed by atoms with van der Waals surface area (Å²) in [5.74, 6) is 1.51. The first kappa shape index (κ1) is 21.0. The molecule has 28 heavy (non-hydrogen) atoms. The normalized spacial score (nSPS) is 19.8. The quantitative estimate of drug-likeness (QED) is 0.734. The number of hydrogen-bond acceptors (Lipinski definition) is 6. The number of aryl methyl sites for hydroxylation is 2. The van der Waals surface area contributed by atoms with Crippen LogP contribution >= 0.6 is 0 Å². The summed E-state index contributed by atoms with van der Waals surface area (Å²) in [5, 5.41) is 3.92. The van der Waals surface area contributed by atoms with Crippen molar-refractivity contribution in [3.8, 4) is 0 Å². The molecular formula is C20H30N4O3S. The van der Waals surface area contributed by atoms with Crippen molar-refractivity contribution < 1.29 is 12.9 Å². The van der Waals surface area contributed by atoms with Gasteiger partial charge in [0.05, 0.1) is 4.90 Å². The fraction of sp³-hybridized carbons (Fsp3) is 0.600. The monoisotopic (exact) mass is 406 g/mol. The molecule has 8 heteroatoms. The Morgan fingerprint density at radius 3 is 2.50 bits per heavy atom. The SMILES string of the molecule is CCc1ccc(S(=O)(=O)N2CCCN(CC(C)C)C(c3nc(C)no3)C2)cc1. The first-order chi connectivity index (χ1) is 13.3. The Morgan fingerprint density at radius 2 is 1.93 bits per heavy atom. The van der Waals surface area contributed by atoms with Gasteiger partial charge in [-0.15, -0.1) is 0 Å². The van der Waals surface area contributed by atoms with Crippen LogP contribution in [-0.4, -0.2) is 53.9 Å². The minimum Gasteiger partial charge on any atom is -0.338 e. The summed E-state index contributed by atoms with van der Waals surface area (Å²) >= 11 is 0. The highest BCUT2D eigenvalue weighted by Crippen LogP contribution is 2.28. The van der Waals surface area contributed by atoms with Gasteiger partial charge in [-0.25, -0.2) is 8.42 Å². The van der Waals surface area contributed by atoms with E-state index in [-0.39, 0.29) is 6.04 Å². The maximum atomic E-state index is 13.3. The number of aromatic nitrogens is 2. The van der Waals surface area contributed by atoms with Crippen molar-refractivity contribution in [1.29, 1.82) is 0 Å². The van der Waals surface area contributed by atoms with Crippen LogP contribution in [0.15, 0.2) is 33.7 Å². The van der Waals surface area contributed by atoms with E-state index in [0.717, 1.165) is 31.5 Å². The molecule has 0 saturated carbocycles. The zero-order valence-corrected chi connectivity index (χ0v) is 17.9. The molecule has 2 heterocycles. The number of rotatable bonds is 6. The smallest absolute Gasteiger partial charge is 0.245 e. The molecular weight excluding hydrogens is 376 g/mol. The second kappa shape index (κ2) is 8.71. The maximum absolute atomic E-state index is 13.3. The molecule has 0 aliphatic carbocycles. The molecule has 1 aromatic heterocycles. The Hall–Kier alpha value is -1.77. The molecule has 0 N–H and O–H groups in total. The van der Waals surface area contributed by atoms with Gasteiger partial charge >= 0.3 is 0 Å². The van der Waals surface area contributed by atoms with Crippen LogP contribution in [0.2, 0.25) is 0 Å². The van der Waals surface area contributed by atoms with Gasteiger partial charge in [-0.05, 0) is 43.4 Å². The first-order valence-corrected chi connectivity index (χ1v) is 11.4. The predicted molar refractivity (Wildman–Crippen MR) is 107 cm³/mol. The van der Waals surface area contributed by atoms with Gasteiger partial charge in [0.25, 0.3) is 0 Å². The zero-order chi connectivity index (χ0) is 20.3. The van der Waals surface area contributed by atoms with E-state index in [2.05, 4.69) is 35.8 Å². The number of sulfonamides is 1. The lowest BCUT2D eigenvalue weighted by molar-refractivity contribution is 0.146. The molecule has 1 unspecified atom stereocenters. The highest BCUT2D eigenvalue weighted by Gasteiger charge is 2.35. The van der Waals surface area contributed by atoms with Crippen LogP contribution in [0.1, 0.15) is 50.5 Å². The van der Waals surface area contributed by atoms with Crippen molar-refractivity contribution >= 4 is 10.0 Å². The standard InChI is InChI=1S/C20H30N4O3S/c1-5-17-7-9-18(10-8-17)28(25,26)24-12-6-11-23(13-15(2)3)19(14-24)20-21-16(4)22-27-20/h7-10,15,19H,5-6,11-14H2,1-4H3. The van der Waals surface area contributed by atoms with Gasteiger partial charge in [-0.3, -0.25) is 4.90 Å². The second-order valence-electron chi connectivity index (χ2n) is 7.80. The molecule has 0 amide bonds. The van der Waals surface area contributed by atoms with Crippen LogP contribution in [0.4, 0.5) is 0 Å². The van der Waals surface area contributed by atoms with E-state index in [1.807, 2.05) is 12.1 Å². The Bertz CT molecular complexity index is 877. The molecule has 0 radical (unpaired) electrons. The van der Waals surface area contributed by atoms with Gasteiger partial charge in [0.1, 0.15) is 6.04 Å². The minimum absolute atomic E-state index is 0.240. The van der Waals surface area contributed by atoms with E-state index in [1.165, 1.54) is 0 Å². The van der Waals surface area contributed by atoms with Gasteiger partial charge in [0, 0.05) is 26.2 Å². The third kappa shape index (κ3) is 4.61. The lowest BCUT2D eigenvalue weighted by atomic mass is 10.1. The van der Waals surface area contributed by atoms with Gasteiger partial charge in [0.2, 0.25) is 15.9 Å². The van der Waals surface area contributed by atoms with Gasteiger partial charge in [-0.2, -0.15) is 9.29 Å². The van der Waals surface area contributed by atoms with Crippen LogP contribution in [0.5, 0.6) is 0 Å². The number of hydrogen-bond donors (Lipinski definition) is 0. The Labute approximate surface area is 167 Å². The van der Waals surface area contributed by atoms with Crippen LogP contribution in [0.3, 0.4) is 0 Å². The lowest BCUT2D eigenvalue weighted by Crippen LogP contribution is -2.39. The van der Waals surface area contributed by atoms with Crippen molar-refractivity contribution in [2.24, 2.45) is 5.92 Å². The Balaban J connectivity index is 1.91. The molecule has 7 nitrogen and oxygen atoms in total. The molecule has 154 valence electrons. The third-order valence-electron chi connectivity index (χ3n) is 5.07. The number of benzene rings is 1. The molecule has 0 spiro atoms. The van der Waals surface area contributed by atoms with Crippen molar-refractivity contribution in [2.45, 2.75) is 51.5 Å². The summed E-state index contributed by atoms with van der Waals surface area (Å²) < 4.78 is 33.6. The summed E-state index contributed by atoms with van der Waals surface area (Å²) in [6.07, 6.45) is 1.65. The molecule has 1 saturated heterocycles. The Morgan fingerprint density at radius 1 is 1.21 bits per heavy atom. The van der Waals surface area contributed by atoms with Gasteiger partial charge < -0.3 is 4.52 Å². The molecule has 1 fully saturated rings.